The molecule has 5 nitrogen and oxygen atoms in total. The second-order valence-corrected chi connectivity index (χ2v) is 6.84. The number of carbonyl (C=O) groups excluding carboxylic acids is 1. The summed E-state index contributed by atoms with van der Waals surface area (Å²) in [5.74, 6) is 0.985. The molecular formula is C24H21NO4. The third kappa shape index (κ3) is 4.09. The van der Waals surface area contributed by atoms with E-state index in [1.54, 1.807) is 36.2 Å². The van der Waals surface area contributed by atoms with Crippen LogP contribution in [0, 0.1) is 0 Å². The van der Waals surface area contributed by atoms with Crippen molar-refractivity contribution < 1.29 is 19.1 Å². The Bertz CT molecular complexity index is 1120. The van der Waals surface area contributed by atoms with E-state index in [9.17, 15) is 9.90 Å². The van der Waals surface area contributed by atoms with Crippen LogP contribution in [0.1, 0.15) is 21.7 Å². The quantitative estimate of drug-likeness (QED) is 0.506. The molecular weight excluding hydrogens is 366 g/mol. The molecule has 0 saturated carbocycles. The van der Waals surface area contributed by atoms with Crippen LogP contribution in [0.25, 0.3) is 11.0 Å². The Hall–Kier alpha value is -3.73. The van der Waals surface area contributed by atoms with Crippen molar-refractivity contribution in [2.45, 2.75) is 13.2 Å². The summed E-state index contributed by atoms with van der Waals surface area (Å²) in [6.07, 6.45) is 0. The van der Waals surface area contributed by atoms with Gasteiger partial charge in [0.1, 0.15) is 23.7 Å². The van der Waals surface area contributed by atoms with Gasteiger partial charge in [-0.25, -0.2) is 0 Å². The van der Waals surface area contributed by atoms with Crippen LogP contribution in [0.4, 0.5) is 0 Å². The number of nitrogens with zero attached hydrogens (tertiary/aromatic N) is 1. The van der Waals surface area contributed by atoms with E-state index in [0.29, 0.717) is 12.1 Å². The van der Waals surface area contributed by atoms with E-state index >= 15 is 0 Å². The van der Waals surface area contributed by atoms with Gasteiger partial charge in [-0.15, -0.1) is 0 Å². The van der Waals surface area contributed by atoms with Crippen molar-refractivity contribution in [2.24, 2.45) is 0 Å². The molecule has 0 spiro atoms. The van der Waals surface area contributed by atoms with Gasteiger partial charge < -0.3 is 19.2 Å². The Morgan fingerprint density at radius 3 is 2.41 bits per heavy atom. The number of ether oxygens (including phenoxy) is 1. The molecule has 3 aromatic carbocycles. The summed E-state index contributed by atoms with van der Waals surface area (Å²) in [7, 11) is 1.73. The number of hydrogen-bond acceptors (Lipinski definition) is 4. The molecule has 0 unspecified atom stereocenters. The molecule has 0 aliphatic carbocycles. The Labute approximate surface area is 168 Å². The first kappa shape index (κ1) is 18.6. The van der Waals surface area contributed by atoms with Gasteiger partial charge in [0.15, 0.2) is 5.76 Å². The Morgan fingerprint density at radius 1 is 0.966 bits per heavy atom. The Balaban J connectivity index is 1.61. The van der Waals surface area contributed by atoms with Crippen molar-refractivity contribution in [3.63, 3.8) is 0 Å². The molecule has 4 aromatic rings. The van der Waals surface area contributed by atoms with Crippen LogP contribution < -0.4 is 4.74 Å². The highest BCUT2D eigenvalue weighted by atomic mass is 16.5. The molecule has 0 bridgehead atoms. The molecule has 4 rings (SSSR count). The maximum Gasteiger partial charge on any atom is 0.290 e. The first-order valence-corrected chi connectivity index (χ1v) is 9.33. The third-order valence-corrected chi connectivity index (χ3v) is 4.72. The number of fused-ring (bicyclic) bond motifs is 1. The first-order valence-electron chi connectivity index (χ1n) is 9.33. The van der Waals surface area contributed by atoms with Crippen molar-refractivity contribution in [3.05, 3.63) is 95.7 Å². The number of phenolic OH excluding ortho intramolecular Hbond substituents is 1. The summed E-state index contributed by atoms with van der Waals surface area (Å²) < 4.78 is 11.8. The zero-order valence-electron chi connectivity index (χ0n) is 16.0. The van der Waals surface area contributed by atoms with Gasteiger partial charge in [0.05, 0.1) is 0 Å². The summed E-state index contributed by atoms with van der Waals surface area (Å²) in [5.41, 5.74) is 2.30. The lowest BCUT2D eigenvalue weighted by Gasteiger charge is -2.17. The standard InChI is InChI=1S/C24H21NO4/c1-25(15-17-11-13-18(26)14-12-17)24(27)23-21(16-28-19-7-3-2-4-8-19)20-9-5-6-10-22(20)29-23/h2-14,26H,15-16H2,1H3. The van der Waals surface area contributed by atoms with Gasteiger partial charge >= 0.3 is 0 Å². The monoisotopic (exact) mass is 387 g/mol. The second-order valence-electron chi connectivity index (χ2n) is 6.84. The molecule has 1 amide bonds. The average molecular weight is 387 g/mol. The number of amides is 1. The Morgan fingerprint density at radius 2 is 1.66 bits per heavy atom. The van der Waals surface area contributed by atoms with Gasteiger partial charge in [-0.1, -0.05) is 48.5 Å². The maximum atomic E-state index is 13.1. The normalized spacial score (nSPS) is 10.8. The zero-order chi connectivity index (χ0) is 20.2. The molecule has 0 aliphatic heterocycles. The highest BCUT2D eigenvalue weighted by Gasteiger charge is 2.24. The van der Waals surface area contributed by atoms with E-state index < -0.39 is 0 Å². The SMILES string of the molecule is CN(Cc1ccc(O)cc1)C(=O)c1oc2ccccc2c1COc1ccccc1. The number of aromatic hydroxyl groups is 1. The molecule has 0 atom stereocenters. The summed E-state index contributed by atoms with van der Waals surface area (Å²) in [6, 6.07) is 23.8. The van der Waals surface area contributed by atoms with E-state index in [2.05, 4.69) is 0 Å². The molecule has 0 saturated heterocycles. The molecule has 1 heterocycles. The highest BCUT2D eigenvalue weighted by Crippen LogP contribution is 2.28. The predicted octanol–water partition coefficient (Wildman–Crippen LogP) is 4.99. The number of phenols is 1. The first-order chi connectivity index (χ1) is 14.1. The number of hydrogen-bond donors (Lipinski definition) is 1. The van der Waals surface area contributed by atoms with Crippen molar-refractivity contribution in [1.82, 2.24) is 4.90 Å². The lowest BCUT2D eigenvalue weighted by atomic mass is 10.1. The van der Waals surface area contributed by atoms with E-state index in [4.69, 9.17) is 9.15 Å². The van der Waals surface area contributed by atoms with Crippen LogP contribution in [-0.2, 0) is 13.2 Å². The van der Waals surface area contributed by atoms with Gasteiger partial charge in [0, 0.05) is 24.5 Å². The average Bonchev–Trinajstić information content (AvgIpc) is 3.12. The van der Waals surface area contributed by atoms with Gasteiger partial charge in [0.2, 0.25) is 0 Å². The largest absolute Gasteiger partial charge is 0.508 e. The molecule has 146 valence electrons. The number of rotatable bonds is 6. The van der Waals surface area contributed by atoms with E-state index in [1.165, 1.54) is 0 Å². The predicted molar refractivity (Wildman–Crippen MR) is 111 cm³/mol. The van der Waals surface area contributed by atoms with Crippen LogP contribution in [0.5, 0.6) is 11.5 Å². The van der Waals surface area contributed by atoms with Crippen LogP contribution in [0.3, 0.4) is 0 Å². The van der Waals surface area contributed by atoms with E-state index in [1.807, 2.05) is 54.6 Å². The van der Waals surface area contributed by atoms with Gasteiger partial charge in [0.25, 0.3) is 5.91 Å². The topological polar surface area (TPSA) is 62.9 Å². The van der Waals surface area contributed by atoms with Gasteiger partial charge in [-0.3, -0.25) is 4.79 Å². The van der Waals surface area contributed by atoms with E-state index in [0.717, 1.165) is 22.3 Å². The van der Waals surface area contributed by atoms with Crippen LogP contribution in [0.2, 0.25) is 0 Å². The maximum absolute atomic E-state index is 13.1. The molecule has 1 aromatic heterocycles. The minimum absolute atomic E-state index is 0.195. The number of benzene rings is 3. The van der Waals surface area contributed by atoms with Gasteiger partial charge in [-0.2, -0.15) is 0 Å². The molecule has 0 fully saturated rings. The third-order valence-electron chi connectivity index (χ3n) is 4.72. The van der Waals surface area contributed by atoms with Crippen LogP contribution in [-0.4, -0.2) is 23.0 Å². The minimum atomic E-state index is -0.221. The van der Waals surface area contributed by atoms with Crippen molar-refractivity contribution in [3.8, 4) is 11.5 Å². The van der Waals surface area contributed by atoms with E-state index in [-0.39, 0.29) is 24.0 Å². The van der Waals surface area contributed by atoms with Crippen molar-refractivity contribution in [1.29, 1.82) is 0 Å². The Kier molecular flexibility index (Phi) is 5.20. The summed E-state index contributed by atoms with van der Waals surface area (Å²) >= 11 is 0. The summed E-state index contributed by atoms with van der Waals surface area (Å²) in [5, 5.41) is 10.3. The van der Waals surface area contributed by atoms with Crippen molar-refractivity contribution >= 4 is 16.9 Å². The number of furan rings is 1. The smallest absolute Gasteiger partial charge is 0.290 e. The molecule has 0 radical (unpaired) electrons. The summed E-state index contributed by atoms with van der Waals surface area (Å²) in [4.78, 5) is 14.7. The lowest BCUT2D eigenvalue weighted by Crippen LogP contribution is -2.26. The fraction of sp³-hybridized carbons (Fsp3) is 0.125. The van der Waals surface area contributed by atoms with Crippen molar-refractivity contribution in [2.75, 3.05) is 7.05 Å². The second kappa shape index (κ2) is 8.10. The van der Waals surface area contributed by atoms with Gasteiger partial charge in [-0.05, 0) is 35.9 Å². The molecule has 29 heavy (non-hydrogen) atoms. The molecule has 1 N–H and O–H groups in total. The lowest BCUT2D eigenvalue weighted by molar-refractivity contribution is 0.0752. The number of carbonyl (C=O) groups is 1. The number of para-hydroxylation sites is 2. The highest BCUT2D eigenvalue weighted by molar-refractivity contribution is 5.99. The minimum Gasteiger partial charge on any atom is -0.508 e. The molecule has 5 heteroatoms. The van der Waals surface area contributed by atoms with Crippen LogP contribution >= 0.6 is 0 Å². The van der Waals surface area contributed by atoms with Crippen LogP contribution in [0.15, 0.2) is 83.3 Å². The molecule has 0 aliphatic rings. The fourth-order valence-corrected chi connectivity index (χ4v) is 3.21. The zero-order valence-corrected chi connectivity index (χ0v) is 16.0. The fourth-order valence-electron chi connectivity index (χ4n) is 3.21. The summed E-state index contributed by atoms with van der Waals surface area (Å²) in [6.45, 7) is 0.629.